The predicted molar refractivity (Wildman–Crippen MR) is 121 cm³/mol. The molecule has 8 nitrogen and oxygen atoms in total. The number of amides is 1. The largest absolute Gasteiger partial charge is 0.493 e. The van der Waals surface area contributed by atoms with Crippen LogP contribution in [0.4, 0.5) is 5.69 Å². The van der Waals surface area contributed by atoms with Crippen LogP contribution >= 0.6 is 22.6 Å². The van der Waals surface area contributed by atoms with Gasteiger partial charge >= 0.3 is 0 Å². The first-order valence-corrected chi connectivity index (χ1v) is 11.4. The number of carbonyl (C=O) groups excluding carboxylic acids is 1. The maximum atomic E-state index is 12.3. The summed E-state index contributed by atoms with van der Waals surface area (Å²) in [7, 11) is -0.573. The highest BCUT2D eigenvalue weighted by Crippen LogP contribution is 2.27. The molecule has 29 heavy (non-hydrogen) atoms. The molecular formula is C19H22IN3O5S. The van der Waals surface area contributed by atoms with E-state index < -0.39 is 15.9 Å². The van der Waals surface area contributed by atoms with E-state index in [-0.39, 0.29) is 6.54 Å². The molecule has 1 amide bonds. The summed E-state index contributed by atoms with van der Waals surface area (Å²) in [5.74, 6) is 0.552. The average Bonchev–Trinajstić information content (AvgIpc) is 2.69. The lowest BCUT2D eigenvalue weighted by Crippen LogP contribution is -2.39. The maximum absolute atomic E-state index is 12.3. The Kier molecular flexibility index (Phi) is 7.85. The number of hydrogen-bond donors (Lipinski definition) is 1. The normalized spacial score (nSPS) is 11.7. The fourth-order valence-corrected chi connectivity index (χ4v) is 3.66. The third-order valence-electron chi connectivity index (χ3n) is 3.95. The lowest BCUT2D eigenvalue weighted by Gasteiger charge is -2.21. The van der Waals surface area contributed by atoms with Crippen LogP contribution in [0.1, 0.15) is 12.5 Å². The molecule has 156 valence electrons. The van der Waals surface area contributed by atoms with E-state index >= 15 is 0 Å². The van der Waals surface area contributed by atoms with E-state index in [9.17, 15) is 13.2 Å². The minimum Gasteiger partial charge on any atom is -0.493 e. The molecule has 0 aliphatic carbocycles. The van der Waals surface area contributed by atoms with Gasteiger partial charge in [-0.3, -0.25) is 9.10 Å². The Hall–Kier alpha value is -2.34. The first-order chi connectivity index (χ1) is 13.7. The number of methoxy groups -OCH3 is 2. The SMILES string of the molecule is COc1ccc(/C(C)=N\NC(=O)CN(c2ccc(I)cc2)S(C)(=O)=O)cc1OC. The molecule has 0 aromatic heterocycles. The first kappa shape index (κ1) is 22.9. The summed E-state index contributed by atoms with van der Waals surface area (Å²) in [6.45, 7) is 1.33. The van der Waals surface area contributed by atoms with Crippen molar-refractivity contribution < 1.29 is 22.7 Å². The summed E-state index contributed by atoms with van der Waals surface area (Å²) in [6.07, 6.45) is 1.05. The summed E-state index contributed by atoms with van der Waals surface area (Å²) in [5, 5.41) is 4.07. The molecule has 0 heterocycles. The van der Waals surface area contributed by atoms with Gasteiger partial charge in [0.2, 0.25) is 10.0 Å². The number of hydrazone groups is 1. The van der Waals surface area contributed by atoms with E-state index in [0.29, 0.717) is 22.9 Å². The minimum absolute atomic E-state index is 0.387. The predicted octanol–water partition coefficient (Wildman–Crippen LogP) is 2.61. The molecule has 0 aliphatic rings. The quantitative estimate of drug-likeness (QED) is 0.321. The van der Waals surface area contributed by atoms with Gasteiger partial charge in [0.05, 0.1) is 31.9 Å². The van der Waals surface area contributed by atoms with E-state index in [0.717, 1.165) is 19.7 Å². The monoisotopic (exact) mass is 531 g/mol. The number of rotatable bonds is 8. The number of ether oxygens (including phenoxy) is 2. The van der Waals surface area contributed by atoms with Crippen LogP contribution < -0.4 is 19.2 Å². The Morgan fingerprint density at radius 2 is 1.72 bits per heavy atom. The third kappa shape index (κ3) is 6.32. The summed E-state index contributed by atoms with van der Waals surface area (Å²) in [5.41, 5.74) is 4.06. The molecule has 0 radical (unpaired) electrons. The number of nitrogens with zero attached hydrogens (tertiary/aromatic N) is 2. The lowest BCUT2D eigenvalue weighted by molar-refractivity contribution is -0.119. The maximum Gasteiger partial charge on any atom is 0.260 e. The molecule has 10 heteroatoms. The molecule has 0 bridgehead atoms. The Morgan fingerprint density at radius 3 is 2.28 bits per heavy atom. The molecule has 2 aromatic rings. The molecule has 0 fully saturated rings. The second kappa shape index (κ2) is 9.92. The van der Waals surface area contributed by atoms with Crippen molar-refractivity contribution in [2.24, 2.45) is 5.10 Å². The average molecular weight is 531 g/mol. The van der Waals surface area contributed by atoms with E-state index in [1.165, 1.54) is 7.11 Å². The number of hydrogen-bond acceptors (Lipinski definition) is 6. The number of benzene rings is 2. The fourth-order valence-electron chi connectivity index (χ4n) is 2.45. The van der Waals surface area contributed by atoms with Gasteiger partial charge in [-0.15, -0.1) is 0 Å². The van der Waals surface area contributed by atoms with Gasteiger partial charge in [-0.25, -0.2) is 13.8 Å². The van der Waals surface area contributed by atoms with E-state index in [1.54, 1.807) is 56.5 Å². The number of sulfonamides is 1. The lowest BCUT2D eigenvalue weighted by atomic mass is 10.1. The van der Waals surface area contributed by atoms with Crippen molar-refractivity contribution in [2.75, 3.05) is 31.3 Å². The molecule has 0 aliphatic heterocycles. The molecular weight excluding hydrogens is 509 g/mol. The number of carbonyl (C=O) groups is 1. The van der Waals surface area contributed by atoms with E-state index in [4.69, 9.17) is 9.47 Å². The minimum atomic E-state index is -3.64. The van der Waals surface area contributed by atoms with Crippen molar-refractivity contribution in [1.82, 2.24) is 5.43 Å². The summed E-state index contributed by atoms with van der Waals surface area (Å²) < 4.78 is 36.7. The van der Waals surface area contributed by atoms with E-state index in [1.807, 2.05) is 0 Å². The second-order valence-corrected chi connectivity index (χ2v) is 9.20. The molecule has 0 saturated carbocycles. The zero-order chi connectivity index (χ0) is 21.6. The topological polar surface area (TPSA) is 97.3 Å². The molecule has 2 aromatic carbocycles. The van der Waals surface area contributed by atoms with E-state index in [2.05, 4.69) is 33.1 Å². The van der Waals surface area contributed by atoms with Crippen LogP contribution in [0, 0.1) is 3.57 Å². The molecule has 0 saturated heterocycles. The zero-order valence-electron chi connectivity index (χ0n) is 16.5. The van der Waals surface area contributed by atoms with Gasteiger partial charge in [0.1, 0.15) is 6.54 Å². The van der Waals surface area contributed by atoms with Crippen molar-refractivity contribution in [2.45, 2.75) is 6.92 Å². The van der Waals surface area contributed by atoms with Gasteiger partial charge < -0.3 is 9.47 Å². The zero-order valence-corrected chi connectivity index (χ0v) is 19.4. The highest BCUT2D eigenvalue weighted by molar-refractivity contribution is 14.1. The van der Waals surface area contributed by atoms with Crippen LogP contribution in [-0.2, 0) is 14.8 Å². The number of halogens is 1. The number of nitrogens with one attached hydrogen (secondary N) is 1. The van der Waals surface area contributed by atoms with Crippen LogP contribution in [0.3, 0.4) is 0 Å². The molecule has 1 N–H and O–H groups in total. The summed E-state index contributed by atoms with van der Waals surface area (Å²) in [6, 6.07) is 12.1. The van der Waals surface area contributed by atoms with Crippen molar-refractivity contribution in [3.63, 3.8) is 0 Å². The van der Waals surface area contributed by atoms with Crippen molar-refractivity contribution in [1.29, 1.82) is 0 Å². The van der Waals surface area contributed by atoms with Crippen LogP contribution in [0.5, 0.6) is 11.5 Å². The highest BCUT2D eigenvalue weighted by atomic mass is 127. The molecule has 0 spiro atoms. The molecule has 0 atom stereocenters. The van der Waals surface area contributed by atoms with Gasteiger partial charge in [0, 0.05) is 9.13 Å². The van der Waals surface area contributed by atoms with Gasteiger partial charge in [-0.2, -0.15) is 5.10 Å². The van der Waals surface area contributed by atoms with Gasteiger partial charge in [0.15, 0.2) is 11.5 Å². The van der Waals surface area contributed by atoms with Gasteiger partial charge in [-0.05, 0) is 72.0 Å². The molecule has 2 rings (SSSR count). The summed E-state index contributed by atoms with van der Waals surface area (Å²) in [4.78, 5) is 12.3. The van der Waals surface area contributed by atoms with Crippen molar-refractivity contribution >= 4 is 49.9 Å². The Balaban J connectivity index is 2.14. The van der Waals surface area contributed by atoms with Crippen molar-refractivity contribution in [3.8, 4) is 11.5 Å². The second-order valence-electron chi connectivity index (χ2n) is 6.05. The summed E-state index contributed by atoms with van der Waals surface area (Å²) >= 11 is 2.12. The third-order valence-corrected chi connectivity index (χ3v) is 5.81. The smallest absolute Gasteiger partial charge is 0.260 e. The van der Waals surface area contributed by atoms with Crippen LogP contribution in [0.25, 0.3) is 0 Å². The van der Waals surface area contributed by atoms with Crippen LogP contribution in [-0.4, -0.2) is 47.1 Å². The van der Waals surface area contributed by atoms with Crippen molar-refractivity contribution in [3.05, 3.63) is 51.6 Å². The Bertz CT molecular complexity index is 1010. The standard InChI is InChI=1S/C19H22IN3O5S/c1-13(14-5-10-17(27-2)18(11-14)28-3)21-22-19(24)12-23(29(4,25)26)16-8-6-15(20)7-9-16/h5-11H,12H2,1-4H3,(H,22,24)/b21-13-. The van der Waals surface area contributed by atoms with Gasteiger partial charge in [0.25, 0.3) is 5.91 Å². The highest BCUT2D eigenvalue weighted by Gasteiger charge is 2.20. The van der Waals surface area contributed by atoms with Gasteiger partial charge in [-0.1, -0.05) is 0 Å². The Morgan fingerprint density at radius 1 is 1.10 bits per heavy atom. The fraction of sp³-hybridized carbons (Fsp3) is 0.263. The number of anilines is 1. The first-order valence-electron chi connectivity index (χ1n) is 8.44. The van der Waals surface area contributed by atoms with Crippen LogP contribution in [0.15, 0.2) is 47.6 Å². The molecule has 0 unspecified atom stereocenters. The van der Waals surface area contributed by atoms with Crippen LogP contribution in [0.2, 0.25) is 0 Å². The Labute approximate surface area is 184 Å².